The Bertz CT molecular complexity index is 201. The lowest BCUT2D eigenvalue weighted by atomic mass is 9.85. The third-order valence-electron chi connectivity index (χ3n) is 4.41. The molecule has 102 valence electrons. The van der Waals surface area contributed by atoms with E-state index < -0.39 is 0 Å². The van der Waals surface area contributed by atoms with Gasteiger partial charge in [0.1, 0.15) is 0 Å². The van der Waals surface area contributed by atoms with E-state index in [9.17, 15) is 0 Å². The van der Waals surface area contributed by atoms with Crippen LogP contribution in [0.5, 0.6) is 0 Å². The number of ether oxygens (including phenoxy) is 1. The van der Waals surface area contributed by atoms with Crippen LogP contribution in [-0.2, 0) is 4.74 Å². The molecular formula is C15H31NO. The highest BCUT2D eigenvalue weighted by Gasteiger charge is 2.34. The van der Waals surface area contributed by atoms with Gasteiger partial charge in [0, 0.05) is 12.6 Å². The maximum atomic E-state index is 6.04. The SMILES string of the molecule is CCNC(CC1CCCC1)C(C)(CC)OCC. The van der Waals surface area contributed by atoms with Crippen LogP contribution in [-0.4, -0.2) is 24.8 Å². The highest BCUT2D eigenvalue weighted by Crippen LogP contribution is 2.33. The summed E-state index contributed by atoms with van der Waals surface area (Å²) in [7, 11) is 0. The summed E-state index contributed by atoms with van der Waals surface area (Å²) in [5.74, 6) is 0.922. The minimum absolute atomic E-state index is 0.00729. The van der Waals surface area contributed by atoms with E-state index in [4.69, 9.17) is 4.74 Å². The van der Waals surface area contributed by atoms with Crippen LogP contribution in [0.2, 0.25) is 0 Å². The third-order valence-corrected chi connectivity index (χ3v) is 4.41. The summed E-state index contributed by atoms with van der Waals surface area (Å²) >= 11 is 0. The summed E-state index contributed by atoms with van der Waals surface area (Å²) in [4.78, 5) is 0. The van der Waals surface area contributed by atoms with Crippen LogP contribution < -0.4 is 5.32 Å². The van der Waals surface area contributed by atoms with Gasteiger partial charge in [-0.25, -0.2) is 0 Å². The second kappa shape index (κ2) is 7.38. The van der Waals surface area contributed by atoms with Gasteiger partial charge in [-0.15, -0.1) is 0 Å². The zero-order valence-corrected chi connectivity index (χ0v) is 12.2. The molecule has 0 radical (unpaired) electrons. The van der Waals surface area contributed by atoms with Crippen LogP contribution in [0.3, 0.4) is 0 Å². The van der Waals surface area contributed by atoms with E-state index in [1.807, 2.05) is 0 Å². The molecule has 1 fully saturated rings. The van der Waals surface area contributed by atoms with Gasteiger partial charge in [-0.05, 0) is 39.2 Å². The lowest BCUT2D eigenvalue weighted by Crippen LogP contribution is -2.51. The van der Waals surface area contributed by atoms with Crippen LogP contribution in [0.4, 0.5) is 0 Å². The first-order valence-electron chi connectivity index (χ1n) is 7.53. The number of likely N-dealkylation sites (N-methyl/N-ethyl adjacent to an activating group) is 1. The van der Waals surface area contributed by atoms with Gasteiger partial charge in [0.2, 0.25) is 0 Å². The molecule has 1 aliphatic rings. The second-order valence-corrected chi connectivity index (χ2v) is 5.60. The molecule has 0 aliphatic heterocycles. The van der Waals surface area contributed by atoms with Crippen molar-refractivity contribution in [3.8, 4) is 0 Å². The molecule has 0 heterocycles. The van der Waals surface area contributed by atoms with Crippen molar-refractivity contribution < 1.29 is 4.74 Å². The first kappa shape index (κ1) is 15.0. The number of nitrogens with one attached hydrogen (secondary N) is 1. The molecule has 1 rings (SSSR count). The van der Waals surface area contributed by atoms with Gasteiger partial charge in [0.15, 0.2) is 0 Å². The third kappa shape index (κ3) is 4.26. The Morgan fingerprint density at radius 1 is 1.24 bits per heavy atom. The molecule has 2 atom stereocenters. The zero-order chi connectivity index (χ0) is 12.7. The maximum absolute atomic E-state index is 6.04. The van der Waals surface area contributed by atoms with E-state index in [2.05, 4.69) is 33.0 Å². The summed E-state index contributed by atoms with van der Waals surface area (Å²) in [5, 5.41) is 3.66. The minimum Gasteiger partial charge on any atom is -0.374 e. The number of rotatable bonds is 8. The largest absolute Gasteiger partial charge is 0.374 e. The quantitative estimate of drug-likeness (QED) is 0.699. The van der Waals surface area contributed by atoms with Gasteiger partial charge in [-0.1, -0.05) is 39.5 Å². The van der Waals surface area contributed by atoms with E-state index >= 15 is 0 Å². The van der Waals surface area contributed by atoms with Crippen LogP contribution in [0.15, 0.2) is 0 Å². The molecule has 1 saturated carbocycles. The van der Waals surface area contributed by atoms with Gasteiger partial charge in [0.25, 0.3) is 0 Å². The summed E-state index contributed by atoms with van der Waals surface area (Å²) < 4.78 is 6.04. The fourth-order valence-corrected chi connectivity index (χ4v) is 3.15. The van der Waals surface area contributed by atoms with Crippen molar-refractivity contribution in [1.29, 1.82) is 0 Å². The minimum atomic E-state index is 0.00729. The standard InChI is InChI=1S/C15H31NO/c1-5-15(4,17-7-3)14(16-6-2)12-13-10-8-9-11-13/h13-14,16H,5-12H2,1-4H3. The lowest BCUT2D eigenvalue weighted by Gasteiger charge is -2.38. The zero-order valence-electron chi connectivity index (χ0n) is 12.2. The molecule has 17 heavy (non-hydrogen) atoms. The van der Waals surface area contributed by atoms with Crippen molar-refractivity contribution in [2.75, 3.05) is 13.2 Å². The van der Waals surface area contributed by atoms with Gasteiger partial charge < -0.3 is 10.1 Å². The highest BCUT2D eigenvalue weighted by molar-refractivity contribution is 4.90. The Hall–Kier alpha value is -0.0800. The van der Waals surface area contributed by atoms with E-state index in [0.717, 1.165) is 25.5 Å². The van der Waals surface area contributed by atoms with Gasteiger partial charge in [-0.3, -0.25) is 0 Å². The number of hydrogen-bond acceptors (Lipinski definition) is 2. The highest BCUT2D eigenvalue weighted by atomic mass is 16.5. The average Bonchev–Trinajstić information content (AvgIpc) is 2.81. The van der Waals surface area contributed by atoms with Crippen molar-refractivity contribution in [3.63, 3.8) is 0 Å². The van der Waals surface area contributed by atoms with Crippen molar-refractivity contribution in [1.82, 2.24) is 5.32 Å². The molecule has 0 aromatic rings. The van der Waals surface area contributed by atoms with Crippen LogP contribution in [0.1, 0.15) is 66.2 Å². The van der Waals surface area contributed by atoms with Crippen molar-refractivity contribution in [2.24, 2.45) is 5.92 Å². The molecule has 0 amide bonds. The van der Waals surface area contributed by atoms with Crippen LogP contribution in [0.25, 0.3) is 0 Å². The van der Waals surface area contributed by atoms with E-state index in [1.54, 1.807) is 0 Å². The molecule has 0 spiro atoms. The molecule has 0 saturated heterocycles. The van der Waals surface area contributed by atoms with E-state index in [-0.39, 0.29) is 5.60 Å². The van der Waals surface area contributed by atoms with Crippen molar-refractivity contribution in [3.05, 3.63) is 0 Å². The monoisotopic (exact) mass is 241 g/mol. The molecular weight excluding hydrogens is 210 g/mol. The normalized spacial score (nSPS) is 22.6. The second-order valence-electron chi connectivity index (χ2n) is 5.60. The Balaban J connectivity index is 2.60. The van der Waals surface area contributed by atoms with Crippen molar-refractivity contribution >= 4 is 0 Å². The predicted octanol–water partition coefficient (Wildman–Crippen LogP) is 3.75. The molecule has 0 aromatic carbocycles. The molecule has 0 bridgehead atoms. The summed E-state index contributed by atoms with van der Waals surface area (Å²) in [6, 6.07) is 0.514. The van der Waals surface area contributed by atoms with Gasteiger partial charge in [0.05, 0.1) is 5.60 Å². The molecule has 0 aromatic heterocycles. The van der Waals surface area contributed by atoms with Crippen molar-refractivity contribution in [2.45, 2.75) is 77.9 Å². The molecule has 1 aliphatic carbocycles. The molecule has 2 unspecified atom stereocenters. The van der Waals surface area contributed by atoms with E-state index in [1.165, 1.54) is 32.1 Å². The fraction of sp³-hybridized carbons (Fsp3) is 1.00. The Labute approximate surface area is 108 Å². The van der Waals surface area contributed by atoms with Gasteiger partial charge >= 0.3 is 0 Å². The molecule has 2 heteroatoms. The van der Waals surface area contributed by atoms with Crippen LogP contribution in [0, 0.1) is 5.92 Å². The summed E-state index contributed by atoms with van der Waals surface area (Å²) in [5.41, 5.74) is 0.00729. The maximum Gasteiger partial charge on any atom is 0.0804 e. The molecule has 1 N–H and O–H groups in total. The smallest absolute Gasteiger partial charge is 0.0804 e. The first-order valence-corrected chi connectivity index (χ1v) is 7.53. The van der Waals surface area contributed by atoms with Gasteiger partial charge in [-0.2, -0.15) is 0 Å². The lowest BCUT2D eigenvalue weighted by molar-refractivity contribution is -0.0598. The molecule has 2 nitrogen and oxygen atoms in total. The summed E-state index contributed by atoms with van der Waals surface area (Å²) in [6.45, 7) is 10.7. The topological polar surface area (TPSA) is 21.3 Å². The van der Waals surface area contributed by atoms with E-state index in [0.29, 0.717) is 6.04 Å². The first-order chi connectivity index (χ1) is 8.16. The Morgan fingerprint density at radius 2 is 1.88 bits per heavy atom. The predicted molar refractivity (Wildman–Crippen MR) is 74.4 cm³/mol. The average molecular weight is 241 g/mol. The fourth-order valence-electron chi connectivity index (χ4n) is 3.15. The summed E-state index contributed by atoms with van der Waals surface area (Å²) in [6.07, 6.45) is 8.09. The Morgan fingerprint density at radius 3 is 2.35 bits per heavy atom. The number of hydrogen-bond donors (Lipinski definition) is 1. The van der Waals surface area contributed by atoms with Crippen LogP contribution >= 0.6 is 0 Å². The Kier molecular flexibility index (Phi) is 6.50.